The predicted molar refractivity (Wildman–Crippen MR) is 109 cm³/mol. The summed E-state index contributed by atoms with van der Waals surface area (Å²) in [5, 5.41) is 22.1. The molecule has 5 nitrogen and oxygen atoms in total. The molecule has 2 atom stereocenters. The number of hydrogen-bond acceptors (Lipinski definition) is 6. The number of nitrogens with zero attached hydrogens (tertiary/aromatic N) is 4. The number of hydrogen-bond donors (Lipinski definition) is 1. The predicted octanol–water partition coefficient (Wildman–Crippen LogP) is 5.02. The molecule has 0 aliphatic heterocycles. The molecule has 0 radical (unpaired) electrons. The molecule has 1 aliphatic rings. The first kappa shape index (κ1) is 17.9. The van der Waals surface area contributed by atoms with Gasteiger partial charge >= 0.3 is 0 Å². The summed E-state index contributed by atoms with van der Waals surface area (Å²) in [7, 11) is 0. The van der Waals surface area contributed by atoms with Gasteiger partial charge in [-0.05, 0) is 48.3 Å². The molecule has 1 aliphatic carbocycles. The van der Waals surface area contributed by atoms with Gasteiger partial charge in [-0.15, -0.1) is 10.2 Å². The summed E-state index contributed by atoms with van der Waals surface area (Å²) >= 11 is 1.73. The van der Waals surface area contributed by atoms with Crippen molar-refractivity contribution in [1.82, 2.24) is 20.2 Å². The van der Waals surface area contributed by atoms with Crippen LogP contribution in [-0.4, -0.2) is 30.5 Å². The highest BCUT2D eigenvalue weighted by Gasteiger charge is 2.27. The van der Waals surface area contributed by atoms with E-state index in [9.17, 15) is 5.11 Å². The zero-order chi connectivity index (χ0) is 18.9. The Balaban J connectivity index is 1.54. The molecular weight excluding hydrogens is 356 g/mol. The number of allylic oxidation sites excluding steroid dienone is 2. The third kappa shape index (κ3) is 3.81. The van der Waals surface area contributed by atoms with E-state index in [0.29, 0.717) is 16.6 Å². The van der Waals surface area contributed by atoms with Crippen LogP contribution >= 0.6 is 11.8 Å². The lowest BCUT2D eigenvalue weighted by atomic mass is 9.78. The average Bonchev–Trinajstić information content (AvgIpc) is 2.68. The van der Waals surface area contributed by atoms with Crippen molar-refractivity contribution < 1.29 is 5.11 Å². The van der Waals surface area contributed by atoms with Gasteiger partial charge in [-0.2, -0.15) is 0 Å². The molecule has 1 N–H and O–H groups in total. The first-order chi connectivity index (χ1) is 13.1. The van der Waals surface area contributed by atoms with Crippen molar-refractivity contribution in [3.05, 3.63) is 48.9 Å². The van der Waals surface area contributed by atoms with Crippen LogP contribution in [0.2, 0.25) is 0 Å². The molecule has 0 saturated heterocycles. The molecule has 2 aromatic heterocycles. The molecule has 3 aromatic rings. The first-order valence-corrected chi connectivity index (χ1v) is 10.1. The van der Waals surface area contributed by atoms with Crippen LogP contribution in [0.1, 0.15) is 33.1 Å². The van der Waals surface area contributed by atoms with Crippen molar-refractivity contribution in [3.63, 3.8) is 0 Å². The van der Waals surface area contributed by atoms with Crippen LogP contribution in [0.15, 0.2) is 54.0 Å². The van der Waals surface area contributed by atoms with Crippen molar-refractivity contribution in [2.75, 3.05) is 0 Å². The zero-order valence-electron chi connectivity index (χ0n) is 15.5. The van der Waals surface area contributed by atoms with Gasteiger partial charge in [0, 0.05) is 23.0 Å². The fourth-order valence-electron chi connectivity index (χ4n) is 3.44. The summed E-state index contributed by atoms with van der Waals surface area (Å²) < 4.78 is 0. The largest absolute Gasteiger partial charge is 0.507 e. The molecule has 138 valence electrons. The molecule has 27 heavy (non-hydrogen) atoms. The van der Waals surface area contributed by atoms with Gasteiger partial charge in [-0.3, -0.25) is 4.98 Å². The Morgan fingerprint density at radius 3 is 2.89 bits per heavy atom. The molecule has 0 unspecified atom stereocenters. The van der Waals surface area contributed by atoms with Gasteiger partial charge in [0.1, 0.15) is 10.8 Å². The standard InChI is InChI=1S/C21H22N4OS/c1-3-21(2)7-4-5-16(11-21)27-19-13-23-20(25-24-19)17-9-14-6-8-22-12-15(14)10-18(17)26/h4,6-10,12-13,16,26H,3,5,11H2,1-2H3/t16-,21+/m1/s1. The van der Waals surface area contributed by atoms with E-state index in [1.54, 1.807) is 36.4 Å². The number of phenolic OH excluding ortho intramolecular Hbond substituents is 1. The van der Waals surface area contributed by atoms with Gasteiger partial charge < -0.3 is 5.11 Å². The van der Waals surface area contributed by atoms with Gasteiger partial charge in [-0.25, -0.2) is 4.98 Å². The van der Waals surface area contributed by atoms with E-state index in [2.05, 4.69) is 46.2 Å². The number of aromatic nitrogens is 4. The first-order valence-electron chi connectivity index (χ1n) is 9.17. The van der Waals surface area contributed by atoms with E-state index in [-0.39, 0.29) is 11.2 Å². The summed E-state index contributed by atoms with van der Waals surface area (Å²) in [5.74, 6) is 0.561. The summed E-state index contributed by atoms with van der Waals surface area (Å²) in [6, 6.07) is 5.45. The Kier molecular flexibility index (Phi) is 4.83. The lowest BCUT2D eigenvalue weighted by Gasteiger charge is -2.32. The Morgan fingerprint density at radius 1 is 1.22 bits per heavy atom. The van der Waals surface area contributed by atoms with Crippen molar-refractivity contribution in [1.29, 1.82) is 0 Å². The highest BCUT2D eigenvalue weighted by atomic mass is 32.2. The van der Waals surface area contributed by atoms with E-state index in [1.165, 1.54) is 0 Å². The minimum Gasteiger partial charge on any atom is -0.507 e. The Hall–Kier alpha value is -2.47. The molecule has 4 rings (SSSR count). The average molecular weight is 379 g/mol. The third-order valence-corrected chi connectivity index (χ3v) is 6.37. The number of thioether (sulfide) groups is 1. The fourth-order valence-corrected chi connectivity index (χ4v) is 4.66. The van der Waals surface area contributed by atoms with E-state index in [0.717, 1.165) is 35.1 Å². The maximum Gasteiger partial charge on any atom is 0.185 e. The van der Waals surface area contributed by atoms with Gasteiger partial charge in [0.05, 0.1) is 11.8 Å². The van der Waals surface area contributed by atoms with Crippen molar-refractivity contribution in [3.8, 4) is 17.1 Å². The van der Waals surface area contributed by atoms with Gasteiger partial charge in [0.15, 0.2) is 5.82 Å². The quantitative estimate of drug-likeness (QED) is 0.643. The number of aromatic hydroxyl groups is 1. The summed E-state index contributed by atoms with van der Waals surface area (Å²) in [4.78, 5) is 8.53. The summed E-state index contributed by atoms with van der Waals surface area (Å²) in [6.07, 6.45) is 13.1. The lowest BCUT2D eigenvalue weighted by Crippen LogP contribution is -2.22. The number of rotatable bonds is 4. The van der Waals surface area contributed by atoms with Crippen LogP contribution in [0.3, 0.4) is 0 Å². The van der Waals surface area contributed by atoms with Crippen LogP contribution in [0, 0.1) is 5.41 Å². The van der Waals surface area contributed by atoms with E-state index >= 15 is 0 Å². The third-order valence-electron chi connectivity index (χ3n) is 5.24. The summed E-state index contributed by atoms with van der Waals surface area (Å²) in [5.41, 5.74) is 0.847. The molecule has 0 fully saturated rings. The number of fused-ring (bicyclic) bond motifs is 1. The highest BCUT2D eigenvalue weighted by Crippen LogP contribution is 2.40. The number of benzene rings is 1. The Labute approximate surface area is 163 Å². The minimum absolute atomic E-state index is 0.133. The smallest absolute Gasteiger partial charge is 0.185 e. The van der Waals surface area contributed by atoms with Crippen LogP contribution < -0.4 is 0 Å². The topological polar surface area (TPSA) is 71.8 Å². The van der Waals surface area contributed by atoms with Crippen molar-refractivity contribution in [2.24, 2.45) is 5.41 Å². The highest BCUT2D eigenvalue weighted by molar-refractivity contribution is 7.99. The number of phenols is 1. The molecule has 6 heteroatoms. The van der Waals surface area contributed by atoms with Crippen LogP contribution in [-0.2, 0) is 0 Å². The SMILES string of the molecule is CC[C@@]1(C)C=CC[C@@H](Sc2cnc(-c3cc4ccncc4cc3O)nn2)C1. The Bertz CT molecular complexity index is 989. The second kappa shape index (κ2) is 7.27. The molecular formula is C21H22N4OS. The van der Waals surface area contributed by atoms with Crippen molar-refractivity contribution in [2.45, 2.75) is 43.4 Å². The van der Waals surface area contributed by atoms with Gasteiger partial charge in [-0.1, -0.05) is 37.8 Å². The van der Waals surface area contributed by atoms with E-state index in [4.69, 9.17) is 0 Å². The monoisotopic (exact) mass is 378 g/mol. The summed E-state index contributed by atoms with van der Waals surface area (Å²) in [6.45, 7) is 4.54. The maximum atomic E-state index is 10.3. The molecule has 2 heterocycles. The number of pyridine rings is 1. The molecule has 0 amide bonds. The second-order valence-corrected chi connectivity index (χ2v) is 8.62. The molecule has 0 spiro atoms. The maximum absolute atomic E-state index is 10.3. The van der Waals surface area contributed by atoms with E-state index < -0.39 is 0 Å². The lowest BCUT2D eigenvalue weighted by molar-refractivity contribution is 0.358. The second-order valence-electron chi connectivity index (χ2n) is 7.30. The molecule has 0 saturated carbocycles. The van der Waals surface area contributed by atoms with Gasteiger partial charge in [0.2, 0.25) is 0 Å². The zero-order valence-corrected chi connectivity index (χ0v) is 16.3. The minimum atomic E-state index is 0.133. The molecule has 0 bridgehead atoms. The Morgan fingerprint density at radius 2 is 2.11 bits per heavy atom. The normalized spacial score (nSPS) is 22.2. The van der Waals surface area contributed by atoms with Crippen LogP contribution in [0.25, 0.3) is 22.2 Å². The van der Waals surface area contributed by atoms with E-state index in [1.807, 2.05) is 12.1 Å². The van der Waals surface area contributed by atoms with Gasteiger partial charge in [0.25, 0.3) is 0 Å². The van der Waals surface area contributed by atoms with Crippen LogP contribution in [0.4, 0.5) is 0 Å². The van der Waals surface area contributed by atoms with Crippen molar-refractivity contribution >= 4 is 22.5 Å². The van der Waals surface area contributed by atoms with Crippen LogP contribution in [0.5, 0.6) is 5.75 Å². The molecule has 1 aromatic carbocycles. The fraction of sp³-hybridized carbons (Fsp3) is 0.333.